The highest BCUT2D eigenvalue weighted by Crippen LogP contribution is 2.29. The van der Waals surface area contributed by atoms with Gasteiger partial charge in [0.15, 0.2) is 0 Å². The first kappa shape index (κ1) is 13.3. The molecule has 6 heteroatoms. The van der Waals surface area contributed by atoms with Gasteiger partial charge in [0.2, 0.25) is 5.91 Å². The van der Waals surface area contributed by atoms with Crippen LogP contribution in [0.2, 0.25) is 0 Å². The van der Waals surface area contributed by atoms with Crippen LogP contribution < -0.4 is 11.3 Å². The lowest BCUT2D eigenvalue weighted by molar-refractivity contribution is 0.100. The fraction of sp³-hybridized carbons (Fsp3) is 0. The predicted molar refractivity (Wildman–Crippen MR) is 87.3 cm³/mol. The van der Waals surface area contributed by atoms with Crippen molar-refractivity contribution in [2.75, 3.05) is 0 Å². The lowest BCUT2D eigenvalue weighted by Crippen LogP contribution is -2.10. The summed E-state index contributed by atoms with van der Waals surface area (Å²) in [6, 6.07) is 14.3. The Morgan fingerprint density at radius 2 is 1.87 bits per heavy atom. The molecule has 0 atom stereocenters. The second kappa shape index (κ2) is 4.81. The number of primary amides is 1. The first-order valence-corrected chi connectivity index (χ1v) is 7.04. The number of fused-ring (bicyclic) bond motifs is 2. The predicted octanol–water partition coefficient (Wildman–Crippen LogP) is 2.12. The maximum Gasteiger partial charge on any atom is 0.260 e. The Bertz CT molecular complexity index is 1080. The lowest BCUT2D eigenvalue weighted by atomic mass is 10.1. The molecule has 0 unspecified atom stereocenters. The number of nitrogens with zero attached hydrogens (tertiary/aromatic N) is 1. The van der Waals surface area contributed by atoms with E-state index in [9.17, 15) is 9.59 Å². The molecule has 0 radical (unpaired) electrons. The molecule has 2 heterocycles. The number of imidazole rings is 1. The minimum Gasteiger partial charge on any atom is -0.366 e. The van der Waals surface area contributed by atoms with E-state index in [4.69, 9.17) is 5.73 Å². The number of hydrogen-bond acceptors (Lipinski definition) is 3. The standard InChI is InChI=1S/C17H12N4O2/c18-15(22)9-6-7-12-13(8-9)20-16(19-12)14-10-4-2-1-3-5-11(10)21-17(14)23/h1-8H,(H2,18,22)(H,19,20)(H,21,23). The van der Waals surface area contributed by atoms with Crippen LogP contribution >= 0.6 is 0 Å². The number of carbonyl (C=O) groups excluding carboxylic acids is 1. The van der Waals surface area contributed by atoms with Gasteiger partial charge in [-0.2, -0.15) is 0 Å². The number of amides is 1. The molecule has 6 nitrogen and oxygen atoms in total. The van der Waals surface area contributed by atoms with Crippen molar-refractivity contribution >= 4 is 16.9 Å². The maximum absolute atomic E-state index is 12.3. The van der Waals surface area contributed by atoms with Gasteiger partial charge in [0, 0.05) is 16.8 Å². The molecule has 4 rings (SSSR count). The summed E-state index contributed by atoms with van der Waals surface area (Å²) >= 11 is 0. The number of hydrogen-bond donors (Lipinski definition) is 3. The third kappa shape index (κ3) is 2.08. The van der Waals surface area contributed by atoms with Gasteiger partial charge in [0.25, 0.3) is 5.56 Å². The summed E-state index contributed by atoms with van der Waals surface area (Å²) in [6.45, 7) is 0. The topological polar surface area (TPSA) is 105 Å². The number of rotatable bonds is 2. The molecule has 2 aromatic rings. The minimum atomic E-state index is -0.508. The number of H-pyrrole nitrogens is 2. The first-order valence-electron chi connectivity index (χ1n) is 7.04. The quantitative estimate of drug-likeness (QED) is 0.528. The van der Waals surface area contributed by atoms with E-state index < -0.39 is 5.91 Å². The van der Waals surface area contributed by atoms with Crippen molar-refractivity contribution in [1.29, 1.82) is 0 Å². The Labute approximate surface area is 130 Å². The van der Waals surface area contributed by atoms with Gasteiger partial charge >= 0.3 is 0 Å². The van der Waals surface area contributed by atoms with Crippen molar-refractivity contribution in [2.45, 2.75) is 0 Å². The van der Waals surface area contributed by atoms with Crippen molar-refractivity contribution in [1.82, 2.24) is 15.0 Å². The number of benzene rings is 1. The van der Waals surface area contributed by atoms with Gasteiger partial charge in [-0.05, 0) is 24.3 Å². The summed E-state index contributed by atoms with van der Waals surface area (Å²) in [5, 5.41) is 0. The van der Waals surface area contributed by atoms with Crippen LogP contribution in [0, 0.1) is 0 Å². The number of nitrogens with one attached hydrogen (secondary N) is 2. The van der Waals surface area contributed by atoms with Crippen molar-refractivity contribution < 1.29 is 4.79 Å². The second-order valence-electron chi connectivity index (χ2n) is 5.25. The van der Waals surface area contributed by atoms with Gasteiger partial charge in [0.1, 0.15) is 5.82 Å². The van der Waals surface area contributed by atoms with Gasteiger partial charge in [0.05, 0.1) is 16.6 Å². The minimum absolute atomic E-state index is 0.208. The summed E-state index contributed by atoms with van der Waals surface area (Å²) in [5.74, 6) is -0.0456. The third-order valence-electron chi connectivity index (χ3n) is 3.79. The zero-order valence-electron chi connectivity index (χ0n) is 12.0. The van der Waals surface area contributed by atoms with E-state index in [0.29, 0.717) is 28.0 Å². The van der Waals surface area contributed by atoms with Crippen molar-refractivity contribution in [3.05, 3.63) is 64.4 Å². The largest absolute Gasteiger partial charge is 0.366 e. The fourth-order valence-corrected chi connectivity index (χ4v) is 2.70. The smallest absolute Gasteiger partial charge is 0.260 e. The maximum atomic E-state index is 12.3. The average molecular weight is 304 g/mol. The van der Waals surface area contributed by atoms with Crippen LogP contribution in [0.1, 0.15) is 10.4 Å². The monoisotopic (exact) mass is 304 g/mol. The molecule has 1 aliphatic heterocycles. The molecular weight excluding hydrogens is 292 g/mol. The van der Waals surface area contributed by atoms with Crippen molar-refractivity contribution in [3.63, 3.8) is 0 Å². The summed E-state index contributed by atoms with van der Waals surface area (Å²) in [4.78, 5) is 34.0. The molecule has 1 aliphatic carbocycles. The Hall–Kier alpha value is -3.41. The van der Waals surface area contributed by atoms with E-state index in [2.05, 4.69) is 15.0 Å². The molecule has 1 aromatic carbocycles. The van der Waals surface area contributed by atoms with E-state index in [1.54, 1.807) is 18.2 Å². The highest BCUT2D eigenvalue weighted by atomic mass is 16.1. The SMILES string of the molecule is NC(=O)c1ccc2nc(-c3c4cccccc-4[nH]c3=O)[nH]c2c1. The number of aromatic amines is 2. The Morgan fingerprint density at radius 3 is 2.70 bits per heavy atom. The zero-order chi connectivity index (χ0) is 16.0. The van der Waals surface area contributed by atoms with Crippen molar-refractivity contribution in [2.24, 2.45) is 5.73 Å². The molecule has 1 aromatic heterocycles. The number of carbonyl (C=O) groups is 1. The Morgan fingerprint density at radius 1 is 1.04 bits per heavy atom. The van der Waals surface area contributed by atoms with E-state index in [1.165, 1.54) is 0 Å². The van der Waals surface area contributed by atoms with Crippen LogP contribution in [0.15, 0.2) is 53.3 Å². The van der Waals surface area contributed by atoms with Gasteiger partial charge in [-0.15, -0.1) is 0 Å². The molecule has 0 fully saturated rings. The van der Waals surface area contributed by atoms with E-state index >= 15 is 0 Å². The molecule has 23 heavy (non-hydrogen) atoms. The number of aromatic nitrogens is 3. The number of nitrogens with two attached hydrogens (primary N) is 1. The molecule has 2 aliphatic rings. The molecule has 112 valence electrons. The zero-order valence-corrected chi connectivity index (χ0v) is 12.0. The van der Waals surface area contributed by atoms with Crippen LogP contribution in [-0.4, -0.2) is 20.9 Å². The van der Waals surface area contributed by atoms with Crippen LogP contribution in [0.5, 0.6) is 0 Å². The second-order valence-corrected chi connectivity index (χ2v) is 5.25. The van der Waals surface area contributed by atoms with Crippen molar-refractivity contribution in [3.8, 4) is 22.6 Å². The van der Waals surface area contributed by atoms with E-state index in [0.717, 1.165) is 11.3 Å². The van der Waals surface area contributed by atoms with Gasteiger partial charge in [-0.1, -0.05) is 24.3 Å². The summed E-state index contributed by atoms with van der Waals surface area (Å²) < 4.78 is 0. The average Bonchev–Trinajstić information content (AvgIpc) is 2.99. The van der Waals surface area contributed by atoms with E-state index in [1.807, 2.05) is 30.3 Å². The highest BCUT2D eigenvalue weighted by Gasteiger charge is 2.18. The molecule has 0 bridgehead atoms. The summed E-state index contributed by atoms with van der Waals surface area (Å²) in [6.07, 6.45) is 0. The third-order valence-corrected chi connectivity index (χ3v) is 3.79. The normalized spacial score (nSPS) is 11.1. The fourth-order valence-electron chi connectivity index (χ4n) is 2.70. The van der Waals surface area contributed by atoms with Gasteiger partial charge in [-0.25, -0.2) is 4.98 Å². The molecule has 0 saturated heterocycles. The van der Waals surface area contributed by atoms with Crippen LogP contribution in [0.25, 0.3) is 33.7 Å². The van der Waals surface area contributed by atoms with Crippen LogP contribution in [0.3, 0.4) is 0 Å². The molecule has 0 spiro atoms. The lowest BCUT2D eigenvalue weighted by Gasteiger charge is -1.94. The molecule has 4 N–H and O–H groups in total. The summed E-state index contributed by atoms with van der Waals surface area (Å²) in [7, 11) is 0. The Kier molecular flexibility index (Phi) is 2.77. The highest BCUT2D eigenvalue weighted by molar-refractivity contribution is 5.97. The Balaban J connectivity index is 1.96. The van der Waals surface area contributed by atoms with E-state index in [-0.39, 0.29) is 5.56 Å². The molecular formula is C17H12N4O2. The first-order chi connectivity index (χ1) is 11.1. The summed E-state index contributed by atoms with van der Waals surface area (Å²) in [5.41, 5.74) is 8.80. The van der Waals surface area contributed by atoms with Crippen LogP contribution in [-0.2, 0) is 0 Å². The van der Waals surface area contributed by atoms with Gasteiger partial charge < -0.3 is 15.7 Å². The van der Waals surface area contributed by atoms with Gasteiger partial charge in [-0.3, -0.25) is 9.59 Å². The molecule has 1 amide bonds. The molecule has 0 saturated carbocycles. The van der Waals surface area contributed by atoms with Crippen LogP contribution in [0.4, 0.5) is 0 Å².